The van der Waals surface area contributed by atoms with E-state index in [0.29, 0.717) is 4.53 Å². The van der Waals surface area contributed by atoms with Crippen LogP contribution in [0.15, 0.2) is 92.6 Å². The van der Waals surface area contributed by atoms with Gasteiger partial charge in [-0.05, 0) is 53.8 Å². The average Bonchev–Trinajstić information content (AvgIpc) is 3.18. The maximum atomic E-state index is 13.8. The molecular formula is C28H21BrN2O2S. The van der Waals surface area contributed by atoms with Crippen LogP contribution in [0.5, 0.6) is 5.75 Å². The molecule has 4 aromatic rings. The molecule has 0 unspecified atom stereocenters. The van der Waals surface area contributed by atoms with Crippen molar-refractivity contribution in [1.82, 2.24) is 4.57 Å². The third kappa shape index (κ3) is 3.49. The SMILES string of the molecule is COc1ccccc1[C@@H]1C2=C(N=c3s/c(=C\c4ccc(Br)cc4)c(=O)n31)c1ccccc1CC2. The van der Waals surface area contributed by atoms with Gasteiger partial charge in [0, 0.05) is 15.6 Å². The maximum Gasteiger partial charge on any atom is 0.271 e. The molecule has 0 spiro atoms. The van der Waals surface area contributed by atoms with E-state index in [2.05, 4.69) is 46.3 Å². The first kappa shape index (κ1) is 21.3. The number of aromatic nitrogens is 1. The zero-order valence-corrected chi connectivity index (χ0v) is 20.9. The van der Waals surface area contributed by atoms with Crippen LogP contribution in [0, 0.1) is 0 Å². The first-order valence-electron chi connectivity index (χ1n) is 11.2. The van der Waals surface area contributed by atoms with Crippen molar-refractivity contribution in [2.24, 2.45) is 4.99 Å². The van der Waals surface area contributed by atoms with Crippen molar-refractivity contribution in [3.05, 3.63) is 125 Å². The van der Waals surface area contributed by atoms with Crippen LogP contribution in [0.3, 0.4) is 0 Å². The molecule has 6 rings (SSSR count). The van der Waals surface area contributed by atoms with E-state index in [0.717, 1.165) is 50.3 Å². The van der Waals surface area contributed by atoms with Crippen molar-refractivity contribution in [3.8, 4) is 5.75 Å². The number of allylic oxidation sites excluding steroid dienone is 1. The Morgan fingerprint density at radius 2 is 1.79 bits per heavy atom. The van der Waals surface area contributed by atoms with Crippen LogP contribution in [-0.4, -0.2) is 11.7 Å². The highest BCUT2D eigenvalue weighted by molar-refractivity contribution is 9.10. The predicted octanol–water partition coefficient (Wildman–Crippen LogP) is 5.09. The number of para-hydroxylation sites is 1. The maximum absolute atomic E-state index is 13.8. The summed E-state index contributed by atoms with van der Waals surface area (Å²) in [5.41, 5.74) is 6.58. The van der Waals surface area contributed by atoms with Crippen molar-refractivity contribution in [2.75, 3.05) is 7.11 Å². The lowest BCUT2D eigenvalue weighted by Crippen LogP contribution is -2.38. The summed E-state index contributed by atoms with van der Waals surface area (Å²) in [5.74, 6) is 0.780. The highest BCUT2D eigenvalue weighted by Gasteiger charge is 2.33. The van der Waals surface area contributed by atoms with Gasteiger partial charge in [0.2, 0.25) is 0 Å². The van der Waals surface area contributed by atoms with E-state index in [1.165, 1.54) is 22.5 Å². The van der Waals surface area contributed by atoms with Crippen LogP contribution in [0.1, 0.15) is 34.7 Å². The molecule has 168 valence electrons. The first-order chi connectivity index (χ1) is 16.6. The van der Waals surface area contributed by atoms with Crippen molar-refractivity contribution in [2.45, 2.75) is 18.9 Å². The molecule has 0 bridgehead atoms. The molecule has 4 nitrogen and oxygen atoms in total. The van der Waals surface area contributed by atoms with E-state index in [-0.39, 0.29) is 11.6 Å². The van der Waals surface area contributed by atoms with Gasteiger partial charge in [-0.1, -0.05) is 81.9 Å². The Balaban J connectivity index is 1.64. The smallest absolute Gasteiger partial charge is 0.271 e. The van der Waals surface area contributed by atoms with E-state index in [9.17, 15) is 4.79 Å². The molecule has 2 heterocycles. The number of nitrogens with zero attached hydrogens (tertiary/aromatic N) is 2. The highest BCUT2D eigenvalue weighted by atomic mass is 79.9. The Hall–Kier alpha value is -3.22. The molecular weight excluding hydrogens is 508 g/mol. The Bertz CT molecular complexity index is 1630. The van der Waals surface area contributed by atoms with E-state index in [1.807, 2.05) is 53.1 Å². The fraction of sp³-hybridized carbons (Fsp3) is 0.143. The second-order valence-corrected chi connectivity index (χ2v) is 10.3. The molecule has 0 amide bonds. The van der Waals surface area contributed by atoms with Gasteiger partial charge in [-0.3, -0.25) is 9.36 Å². The van der Waals surface area contributed by atoms with E-state index in [1.54, 1.807) is 7.11 Å². The van der Waals surface area contributed by atoms with Crippen molar-refractivity contribution >= 4 is 39.0 Å². The van der Waals surface area contributed by atoms with E-state index in [4.69, 9.17) is 9.73 Å². The summed E-state index contributed by atoms with van der Waals surface area (Å²) in [6.45, 7) is 0. The number of benzene rings is 3. The lowest BCUT2D eigenvalue weighted by atomic mass is 9.83. The van der Waals surface area contributed by atoms with Crippen molar-refractivity contribution < 1.29 is 4.74 Å². The lowest BCUT2D eigenvalue weighted by molar-refractivity contribution is 0.402. The summed E-state index contributed by atoms with van der Waals surface area (Å²) in [5, 5.41) is 0. The number of rotatable bonds is 3. The summed E-state index contributed by atoms with van der Waals surface area (Å²) in [6, 6.07) is 24.2. The molecule has 1 aromatic heterocycles. The summed E-state index contributed by atoms with van der Waals surface area (Å²) in [7, 11) is 1.68. The first-order valence-corrected chi connectivity index (χ1v) is 12.8. The van der Waals surface area contributed by atoms with E-state index < -0.39 is 0 Å². The molecule has 0 radical (unpaired) electrons. The minimum Gasteiger partial charge on any atom is -0.496 e. The van der Waals surface area contributed by atoms with Crippen LogP contribution in [-0.2, 0) is 6.42 Å². The van der Waals surface area contributed by atoms with Crippen LogP contribution in [0.4, 0.5) is 0 Å². The summed E-state index contributed by atoms with van der Waals surface area (Å²) in [4.78, 5) is 19.6. The fourth-order valence-corrected chi connectivity index (χ4v) is 6.17. The molecule has 1 aliphatic carbocycles. The van der Waals surface area contributed by atoms with Gasteiger partial charge >= 0.3 is 0 Å². The zero-order chi connectivity index (χ0) is 23.2. The van der Waals surface area contributed by atoms with Gasteiger partial charge in [-0.2, -0.15) is 0 Å². The number of halogens is 1. The number of methoxy groups -OCH3 is 1. The fourth-order valence-electron chi connectivity index (χ4n) is 4.90. The monoisotopic (exact) mass is 528 g/mol. The average molecular weight is 529 g/mol. The second kappa shape index (κ2) is 8.53. The van der Waals surface area contributed by atoms with Gasteiger partial charge in [-0.15, -0.1) is 0 Å². The molecule has 0 saturated carbocycles. The molecule has 0 N–H and O–H groups in total. The minimum absolute atomic E-state index is 0.0204. The molecule has 34 heavy (non-hydrogen) atoms. The summed E-state index contributed by atoms with van der Waals surface area (Å²) in [6.07, 6.45) is 3.74. The number of hydrogen-bond acceptors (Lipinski definition) is 4. The summed E-state index contributed by atoms with van der Waals surface area (Å²) >= 11 is 4.92. The quantitative estimate of drug-likeness (QED) is 0.371. The lowest BCUT2D eigenvalue weighted by Gasteiger charge is -2.31. The van der Waals surface area contributed by atoms with Crippen molar-refractivity contribution in [1.29, 1.82) is 0 Å². The molecule has 2 aliphatic rings. The Labute approximate surface area is 209 Å². The Morgan fingerprint density at radius 3 is 2.62 bits per heavy atom. The molecule has 1 aliphatic heterocycles. The summed E-state index contributed by atoms with van der Waals surface area (Å²) < 4.78 is 9.28. The van der Waals surface area contributed by atoms with Gasteiger partial charge in [0.15, 0.2) is 4.80 Å². The van der Waals surface area contributed by atoms with Gasteiger partial charge in [-0.25, -0.2) is 4.99 Å². The third-order valence-corrected chi connectivity index (χ3v) is 7.99. The molecule has 3 aromatic carbocycles. The number of fused-ring (bicyclic) bond motifs is 3. The van der Waals surface area contributed by atoms with Crippen LogP contribution < -0.4 is 19.6 Å². The van der Waals surface area contributed by atoms with Gasteiger partial charge in [0.25, 0.3) is 5.56 Å². The topological polar surface area (TPSA) is 43.6 Å². The highest BCUT2D eigenvalue weighted by Crippen LogP contribution is 2.43. The normalized spacial score (nSPS) is 17.0. The zero-order valence-electron chi connectivity index (χ0n) is 18.5. The second-order valence-electron chi connectivity index (χ2n) is 8.41. The van der Waals surface area contributed by atoms with Gasteiger partial charge < -0.3 is 4.74 Å². The molecule has 0 saturated heterocycles. The van der Waals surface area contributed by atoms with Gasteiger partial charge in [0.05, 0.1) is 23.4 Å². The Morgan fingerprint density at radius 1 is 1.03 bits per heavy atom. The Kier molecular flexibility index (Phi) is 5.35. The molecule has 6 heteroatoms. The standard InChI is InChI=1S/C28H21BrN2O2S/c1-33-23-9-5-4-8-21(23)26-22-15-12-18-6-2-3-7-20(18)25(22)30-28-31(26)27(32)24(34-28)16-17-10-13-19(29)14-11-17/h2-11,13-14,16,26H,12,15H2,1H3/b24-16-/t26-/m1/s1. The van der Waals surface area contributed by atoms with Crippen LogP contribution in [0.2, 0.25) is 0 Å². The molecule has 0 fully saturated rings. The van der Waals surface area contributed by atoms with Crippen LogP contribution in [0.25, 0.3) is 11.8 Å². The largest absolute Gasteiger partial charge is 0.496 e. The van der Waals surface area contributed by atoms with Crippen molar-refractivity contribution in [3.63, 3.8) is 0 Å². The number of hydrogen-bond donors (Lipinski definition) is 0. The van der Waals surface area contributed by atoms with Gasteiger partial charge in [0.1, 0.15) is 5.75 Å². The predicted molar refractivity (Wildman–Crippen MR) is 140 cm³/mol. The van der Waals surface area contributed by atoms with E-state index >= 15 is 0 Å². The van der Waals surface area contributed by atoms with Crippen LogP contribution >= 0.6 is 27.3 Å². The third-order valence-electron chi connectivity index (χ3n) is 6.47. The number of aryl methyl sites for hydroxylation is 1. The minimum atomic E-state index is -0.247. The number of ether oxygens (including phenoxy) is 1. The molecule has 1 atom stereocenters. The number of thiazole rings is 1.